The standard InChI is InChI=1S/C23H29N5O2.HNO2S/c1-14-4-6-18-15(9-14)5-7-20(18)28-17-10-21(23(28)30)26(12-17)13-19(25)22(29)27-8-2-3-16(27)11-24;1-4(2)3/h4,6,9,16-17,19-21H,2-3,5,7-8,10,12-13,25H2,1H3;1H/t16-,17-,19-,20-,21-;/m0./s1. The Morgan fingerprint density at radius 3 is 2.74 bits per heavy atom. The Labute approximate surface area is 200 Å². The first-order valence-electron chi connectivity index (χ1n) is 11.6. The van der Waals surface area contributed by atoms with Crippen LogP contribution in [0, 0.1) is 23.0 Å². The molecule has 0 aromatic heterocycles. The minimum Gasteiger partial charge on any atom is -0.330 e. The highest BCUT2D eigenvalue weighted by Crippen LogP contribution is 2.44. The average molecular weight is 487 g/mol. The van der Waals surface area contributed by atoms with Gasteiger partial charge in [0.25, 0.3) is 0 Å². The second kappa shape index (κ2) is 9.82. The minimum absolute atomic E-state index is 0.161. The van der Waals surface area contributed by atoms with E-state index in [4.69, 9.17) is 18.9 Å². The predicted octanol–water partition coefficient (Wildman–Crippen LogP) is 0.737. The summed E-state index contributed by atoms with van der Waals surface area (Å²) in [6, 6.07) is 7.94. The number of rotatable bonds is 4. The summed E-state index contributed by atoms with van der Waals surface area (Å²) in [6.07, 6.45) is 4.42. The third-order valence-corrected chi connectivity index (χ3v) is 7.43. The molecule has 1 aromatic rings. The summed E-state index contributed by atoms with van der Waals surface area (Å²) < 4.78 is 22.8. The molecule has 3 fully saturated rings. The molecular formula is C23H30N6O4S. The van der Waals surface area contributed by atoms with Gasteiger partial charge < -0.3 is 15.5 Å². The van der Waals surface area contributed by atoms with Crippen LogP contribution in [-0.2, 0) is 26.5 Å². The number of likely N-dealkylation sites (tertiary alicyclic amines) is 3. The van der Waals surface area contributed by atoms with Crippen LogP contribution in [0.4, 0.5) is 0 Å². The van der Waals surface area contributed by atoms with Gasteiger partial charge in [0.2, 0.25) is 11.8 Å². The number of carbonyl (C=O) groups is 2. The molecule has 3 aliphatic heterocycles. The first-order valence-corrected chi connectivity index (χ1v) is 12.7. The van der Waals surface area contributed by atoms with E-state index in [9.17, 15) is 14.9 Å². The van der Waals surface area contributed by atoms with E-state index in [1.165, 1.54) is 16.7 Å². The lowest BCUT2D eigenvalue weighted by molar-refractivity contribution is -0.141. The third kappa shape index (κ3) is 4.58. The molecule has 2 amide bonds. The van der Waals surface area contributed by atoms with Gasteiger partial charge >= 0.3 is 10.5 Å². The van der Waals surface area contributed by atoms with Gasteiger partial charge in [-0.15, -0.1) is 0 Å². The van der Waals surface area contributed by atoms with Crippen molar-refractivity contribution in [3.8, 4) is 6.07 Å². The number of nitrogens with zero attached hydrogens (tertiary/aromatic N) is 4. The van der Waals surface area contributed by atoms with E-state index in [1.807, 2.05) is 0 Å². The van der Waals surface area contributed by atoms with Crippen LogP contribution >= 0.6 is 0 Å². The van der Waals surface area contributed by atoms with E-state index >= 15 is 0 Å². The largest absolute Gasteiger partial charge is 0.330 e. The highest BCUT2D eigenvalue weighted by atomic mass is 32.2. The maximum Gasteiger partial charge on any atom is 0.308 e. The molecule has 11 heteroatoms. The number of nitriles is 1. The van der Waals surface area contributed by atoms with Crippen LogP contribution in [0.1, 0.15) is 48.4 Å². The van der Waals surface area contributed by atoms with E-state index in [0.717, 1.165) is 38.6 Å². The van der Waals surface area contributed by atoms with Crippen LogP contribution in [0.2, 0.25) is 0 Å². The summed E-state index contributed by atoms with van der Waals surface area (Å²) in [6.45, 7) is 3.87. The van der Waals surface area contributed by atoms with E-state index in [1.54, 1.807) is 4.90 Å². The Kier molecular flexibility index (Phi) is 7.02. The van der Waals surface area contributed by atoms with Crippen molar-refractivity contribution in [3.63, 3.8) is 0 Å². The molecule has 3 N–H and O–H groups in total. The molecule has 0 radical (unpaired) electrons. The number of amides is 2. The Morgan fingerprint density at radius 2 is 2.06 bits per heavy atom. The van der Waals surface area contributed by atoms with Gasteiger partial charge in [-0.3, -0.25) is 14.5 Å². The minimum atomic E-state index is -2.61. The zero-order valence-electron chi connectivity index (χ0n) is 19.2. The van der Waals surface area contributed by atoms with Crippen molar-refractivity contribution in [1.29, 1.82) is 10.0 Å². The lowest BCUT2D eigenvalue weighted by Gasteiger charge is -2.38. The fraction of sp³-hybridized carbons (Fsp3) is 0.609. The average Bonchev–Trinajstić information content (AvgIpc) is 3.55. The number of piperazine rings is 1. The van der Waals surface area contributed by atoms with Crippen molar-refractivity contribution in [2.24, 2.45) is 5.73 Å². The van der Waals surface area contributed by atoms with E-state index in [2.05, 4.69) is 41.0 Å². The van der Waals surface area contributed by atoms with Crippen molar-refractivity contribution in [1.82, 2.24) is 14.7 Å². The third-order valence-electron chi connectivity index (χ3n) is 7.43. The summed E-state index contributed by atoms with van der Waals surface area (Å²) in [5.74, 6) is 0.0200. The van der Waals surface area contributed by atoms with Gasteiger partial charge in [0.1, 0.15) is 6.04 Å². The maximum atomic E-state index is 13.3. The molecule has 34 heavy (non-hydrogen) atoms. The number of fused-ring (bicyclic) bond motifs is 3. The second-order valence-corrected chi connectivity index (χ2v) is 9.99. The van der Waals surface area contributed by atoms with Crippen LogP contribution < -0.4 is 5.73 Å². The van der Waals surface area contributed by atoms with Gasteiger partial charge in [-0.2, -0.15) is 18.5 Å². The zero-order valence-corrected chi connectivity index (χ0v) is 20.0. The van der Waals surface area contributed by atoms with Crippen LogP contribution in [-0.4, -0.2) is 78.7 Å². The van der Waals surface area contributed by atoms with E-state index in [0.29, 0.717) is 13.1 Å². The van der Waals surface area contributed by atoms with Gasteiger partial charge in [0, 0.05) is 25.7 Å². The van der Waals surface area contributed by atoms with Gasteiger partial charge in [-0.25, -0.2) is 0 Å². The van der Waals surface area contributed by atoms with Crippen LogP contribution in [0.3, 0.4) is 0 Å². The zero-order chi connectivity index (χ0) is 24.6. The van der Waals surface area contributed by atoms with Crippen molar-refractivity contribution < 1.29 is 18.0 Å². The molecular weight excluding hydrogens is 456 g/mol. The summed E-state index contributed by atoms with van der Waals surface area (Å²) in [4.78, 5) is 31.8. The van der Waals surface area contributed by atoms with Crippen molar-refractivity contribution in [3.05, 3.63) is 34.9 Å². The van der Waals surface area contributed by atoms with Crippen LogP contribution in [0.25, 0.3) is 0 Å². The number of benzene rings is 1. The SMILES string of the molecule is Cc1ccc2c(c1)CC[C@@H]2N1C(=O)[C@@H]2C[C@H]1CN2C[C@H](N)C(=O)N1CCC[C@H]1C#N.N=S(=O)=O. The number of nitrogens with one attached hydrogen (secondary N) is 1. The molecule has 182 valence electrons. The van der Waals surface area contributed by atoms with Crippen molar-refractivity contribution >= 4 is 22.3 Å². The van der Waals surface area contributed by atoms with Crippen molar-refractivity contribution in [2.45, 2.75) is 69.2 Å². The lowest BCUT2D eigenvalue weighted by Crippen LogP contribution is -2.56. The Hall–Kier alpha value is -2.81. The Morgan fingerprint density at radius 1 is 1.32 bits per heavy atom. The molecule has 2 bridgehead atoms. The first kappa shape index (κ1) is 24.3. The number of nitrogens with two attached hydrogens (primary N) is 1. The van der Waals surface area contributed by atoms with Crippen LogP contribution in [0.5, 0.6) is 0 Å². The first-order chi connectivity index (χ1) is 16.2. The predicted molar refractivity (Wildman–Crippen MR) is 123 cm³/mol. The Balaban J connectivity index is 0.000000636. The number of hydrogen-bond acceptors (Lipinski definition) is 8. The fourth-order valence-corrected chi connectivity index (χ4v) is 6.02. The monoisotopic (exact) mass is 486 g/mol. The molecule has 5 rings (SSSR count). The molecule has 4 aliphatic rings. The topological polar surface area (TPSA) is 152 Å². The van der Waals surface area contributed by atoms with Crippen molar-refractivity contribution in [2.75, 3.05) is 19.6 Å². The molecule has 0 spiro atoms. The van der Waals surface area contributed by atoms with Crippen LogP contribution in [0.15, 0.2) is 18.2 Å². The highest BCUT2D eigenvalue weighted by Gasteiger charge is 2.53. The van der Waals surface area contributed by atoms with E-state index < -0.39 is 16.5 Å². The highest BCUT2D eigenvalue weighted by molar-refractivity contribution is 7.60. The summed E-state index contributed by atoms with van der Waals surface area (Å²) in [5.41, 5.74) is 10.2. The van der Waals surface area contributed by atoms with Gasteiger partial charge in [0.05, 0.1) is 24.2 Å². The fourth-order valence-electron chi connectivity index (χ4n) is 6.02. The molecule has 0 unspecified atom stereocenters. The van der Waals surface area contributed by atoms with Gasteiger partial charge in [-0.1, -0.05) is 23.8 Å². The molecule has 3 saturated heterocycles. The molecule has 3 heterocycles. The Bertz CT molecular complexity index is 1130. The molecule has 10 nitrogen and oxygen atoms in total. The molecule has 1 aromatic carbocycles. The lowest BCUT2D eigenvalue weighted by atomic mass is 10.0. The molecule has 0 saturated carbocycles. The van der Waals surface area contributed by atoms with Gasteiger partial charge in [0.15, 0.2) is 0 Å². The van der Waals surface area contributed by atoms with Gasteiger partial charge in [-0.05, 0) is 50.2 Å². The summed E-state index contributed by atoms with van der Waals surface area (Å²) >= 11 is 0. The maximum absolute atomic E-state index is 13.3. The molecule has 1 aliphatic carbocycles. The normalized spacial score (nSPS) is 28.3. The molecule has 5 atom stereocenters. The summed E-state index contributed by atoms with van der Waals surface area (Å²) in [5, 5.41) is 9.24. The number of hydrogen-bond donors (Lipinski definition) is 2. The quantitative estimate of drug-likeness (QED) is 0.637. The second-order valence-electron chi connectivity index (χ2n) is 9.52. The smallest absolute Gasteiger partial charge is 0.308 e. The number of carbonyl (C=O) groups excluding carboxylic acids is 2. The van der Waals surface area contributed by atoms with E-state index in [-0.39, 0.29) is 36.0 Å². The summed E-state index contributed by atoms with van der Waals surface area (Å²) in [7, 11) is -2.61. The number of aryl methyl sites for hydroxylation is 2.